The largest absolute Gasteiger partial charge is 0.339 e. The van der Waals surface area contributed by atoms with Crippen molar-refractivity contribution in [1.29, 1.82) is 0 Å². The molecule has 1 atom stereocenters. The summed E-state index contributed by atoms with van der Waals surface area (Å²) in [4.78, 5) is 30.7. The number of nitrogens with zero attached hydrogens (tertiary/aromatic N) is 5. The minimum atomic E-state index is -2.69. The van der Waals surface area contributed by atoms with Gasteiger partial charge in [0.05, 0.1) is 36.9 Å². The zero-order valence-electron chi connectivity index (χ0n) is 17.8. The van der Waals surface area contributed by atoms with E-state index in [1.807, 2.05) is 0 Å². The first-order valence-electron chi connectivity index (χ1n) is 10.6. The average Bonchev–Trinajstić information content (AvgIpc) is 3.04. The molecule has 5 rings (SSSR count). The van der Waals surface area contributed by atoms with Crippen LogP contribution in [0.2, 0.25) is 5.02 Å². The molecule has 1 fully saturated rings. The number of nitrogens with one attached hydrogen (secondary N) is 1. The van der Waals surface area contributed by atoms with E-state index < -0.39 is 17.8 Å². The molecule has 12 heteroatoms. The standard InChI is InChI=1S/C21H22ClF3N6O2/c1-28-7-13(30-10-21(24,25)11-30)8-31-18(19(28)32)14-9-29(5-4-17(14)27-31)20(33)26-12-2-3-16(23)15(22)6-12/h2-3,6,13H,4-5,7-11H2,1H3,(H,26,33). The number of likely N-dealkylation sites (N-methyl/N-ethyl adjacent to an activating group) is 1. The summed E-state index contributed by atoms with van der Waals surface area (Å²) in [6, 6.07) is 3.25. The van der Waals surface area contributed by atoms with Gasteiger partial charge < -0.3 is 15.1 Å². The molecule has 0 radical (unpaired) electrons. The second kappa shape index (κ2) is 7.91. The minimum absolute atomic E-state index is 0.0983. The van der Waals surface area contributed by atoms with E-state index in [1.54, 1.807) is 21.5 Å². The number of aromatic nitrogens is 2. The summed E-state index contributed by atoms with van der Waals surface area (Å²) in [7, 11) is 1.65. The lowest BCUT2D eigenvalue weighted by Gasteiger charge is -2.44. The maximum absolute atomic E-state index is 13.4. The summed E-state index contributed by atoms with van der Waals surface area (Å²) < 4.78 is 41.8. The highest BCUT2D eigenvalue weighted by Crippen LogP contribution is 2.32. The Morgan fingerprint density at radius 2 is 2.03 bits per heavy atom. The Hall–Kier alpha value is -2.79. The first-order valence-corrected chi connectivity index (χ1v) is 11.0. The fourth-order valence-electron chi connectivity index (χ4n) is 4.62. The van der Waals surface area contributed by atoms with Gasteiger partial charge in [-0.3, -0.25) is 14.4 Å². The fourth-order valence-corrected chi connectivity index (χ4v) is 4.80. The Morgan fingerprint density at radius 3 is 2.73 bits per heavy atom. The van der Waals surface area contributed by atoms with Crippen molar-refractivity contribution in [2.45, 2.75) is 31.5 Å². The van der Waals surface area contributed by atoms with Gasteiger partial charge in [-0.25, -0.2) is 18.0 Å². The number of anilines is 1. The first kappa shape index (κ1) is 22.0. The van der Waals surface area contributed by atoms with E-state index in [2.05, 4.69) is 10.4 Å². The number of alkyl halides is 2. The molecule has 2 aromatic rings. The van der Waals surface area contributed by atoms with Gasteiger partial charge >= 0.3 is 6.03 Å². The molecule has 0 aliphatic carbocycles. The Labute approximate surface area is 192 Å². The number of rotatable bonds is 2. The number of amides is 3. The number of fused-ring (bicyclic) bond motifs is 3. The second-order valence-corrected chi connectivity index (χ2v) is 9.19. The van der Waals surface area contributed by atoms with Crippen LogP contribution in [0.3, 0.4) is 0 Å². The quantitative estimate of drug-likeness (QED) is 0.714. The molecule has 3 aliphatic heterocycles. The molecular formula is C21H22ClF3N6O2. The first-order chi connectivity index (χ1) is 15.6. The zero-order valence-corrected chi connectivity index (χ0v) is 18.6. The van der Waals surface area contributed by atoms with Crippen LogP contribution >= 0.6 is 11.6 Å². The highest BCUT2D eigenvalue weighted by atomic mass is 35.5. The molecule has 0 bridgehead atoms. The van der Waals surface area contributed by atoms with Gasteiger partial charge in [0, 0.05) is 43.9 Å². The monoisotopic (exact) mass is 482 g/mol. The molecule has 1 N–H and O–H groups in total. The number of halogens is 4. The molecule has 1 aromatic carbocycles. The van der Waals surface area contributed by atoms with Crippen molar-refractivity contribution in [1.82, 2.24) is 24.5 Å². The zero-order chi connectivity index (χ0) is 23.5. The minimum Gasteiger partial charge on any atom is -0.339 e. The van der Waals surface area contributed by atoms with Crippen LogP contribution in [-0.4, -0.2) is 81.6 Å². The van der Waals surface area contributed by atoms with E-state index in [0.29, 0.717) is 43.0 Å². The highest BCUT2D eigenvalue weighted by molar-refractivity contribution is 6.31. The number of carbonyl (C=O) groups excluding carboxylic acids is 2. The van der Waals surface area contributed by atoms with Crippen LogP contribution in [0.4, 0.5) is 23.7 Å². The van der Waals surface area contributed by atoms with E-state index in [0.717, 1.165) is 5.69 Å². The van der Waals surface area contributed by atoms with Crippen molar-refractivity contribution < 1.29 is 22.8 Å². The fraction of sp³-hybridized carbons (Fsp3) is 0.476. The summed E-state index contributed by atoms with van der Waals surface area (Å²) in [5.41, 5.74) is 2.15. The number of carbonyl (C=O) groups is 2. The molecule has 1 saturated heterocycles. The van der Waals surface area contributed by atoms with Gasteiger partial charge in [0.25, 0.3) is 11.8 Å². The third kappa shape index (κ3) is 4.04. The molecule has 1 aromatic heterocycles. The lowest BCUT2D eigenvalue weighted by molar-refractivity contribution is -0.148. The number of likely N-dealkylation sites (tertiary alicyclic amines) is 1. The second-order valence-electron chi connectivity index (χ2n) is 8.79. The maximum Gasteiger partial charge on any atom is 0.322 e. The smallest absolute Gasteiger partial charge is 0.322 e. The summed E-state index contributed by atoms with van der Waals surface area (Å²) in [6.07, 6.45) is 0.455. The van der Waals surface area contributed by atoms with Crippen LogP contribution in [-0.2, 0) is 19.5 Å². The predicted molar refractivity (Wildman–Crippen MR) is 114 cm³/mol. The van der Waals surface area contributed by atoms with Crippen LogP contribution in [0.5, 0.6) is 0 Å². The van der Waals surface area contributed by atoms with E-state index >= 15 is 0 Å². The molecule has 0 spiro atoms. The van der Waals surface area contributed by atoms with Crippen LogP contribution in [0, 0.1) is 5.82 Å². The van der Waals surface area contributed by atoms with Crippen LogP contribution < -0.4 is 5.32 Å². The molecular weight excluding hydrogens is 461 g/mol. The van der Waals surface area contributed by atoms with Crippen LogP contribution in [0.25, 0.3) is 0 Å². The summed E-state index contributed by atoms with van der Waals surface area (Å²) in [5.74, 6) is -3.52. The molecule has 176 valence electrons. The molecule has 1 unspecified atom stereocenters. The predicted octanol–water partition coefficient (Wildman–Crippen LogP) is 2.67. The van der Waals surface area contributed by atoms with Gasteiger partial charge in [-0.15, -0.1) is 0 Å². The van der Waals surface area contributed by atoms with E-state index in [-0.39, 0.29) is 36.6 Å². The average molecular weight is 483 g/mol. The SMILES string of the molecule is CN1CC(N2CC(F)(F)C2)Cn2nc3c(c2C1=O)CN(C(=O)Nc1ccc(F)c(Cl)c1)CC3. The number of urea groups is 1. The lowest BCUT2D eigenvalue weighted by Crippen LogP contribution is -2.62. The van der Waals surface area contributed by atoms with Crippen molar-refractivity contribution in [2.24, 2.45) is 0 Å². The van der Waals surface area contributed by atoms with Crippen molar-refractivity contribution in [2.75, 3.05) is 38.5 Å². The van der Waals surface area contributed by atoms with Crippen molar-refractivity contribution in [3.63, 3.8) is 0 Å². The van der Waals surface area contributed by atoms with Crippen molar-refractivity contribution in [3.05, 3.63) is 46.0 Å². The number of hydrogen-bond donors (Lipinski definition) is 1. The Kier molecular flexibility index (Phi) is 5.28. The summed E-state index contributed by atoms with van der Waals surface area (Å²) in [5, 5.41) is 7.20. The van der Waals surface area contributed by atoms with E-state index in [9.17, 15) is 22.8 Å². The summed E-state index contributed by atoms with van der Waals surface area (Å²) in [6.45, 7) is 0.569. The molecule has 4 heterocycles. The van der Waals surface area contributed by atoms with Gasteiger partial charge in [0.15, 0.2) is 0 Å². The van der Waals surface area contributed by atoms with Crippen molar-refractivity contribution >= 4 is 29.2 Å². The topological polar surface area (TPSA) is 73.7 Å². The normalized spacial score (nSPS) is 22.3. The Bertz CT molecular complexity index is 1130. The molecule has 3 aliphatic rings. The van der Waals surface area contributed by atoms with Crippen LogP contribution in [0.15, 0.2) is 18.2 Å². The van der Waals surface area contributed by atoms with E-state index in [1.165, 1.54) is 23.1 Å². The third-order valence-corrected chi connectivity index (χ3v) is 6.65. The summed E-state index contributed by atoms with van der Waals surface area (Å²) >= 11 is 5.79. The number of hydrogen-bond acceptors (Lipinski definition) is 4. The maximum atomic E-state index is 13.4. The third-order valence-electron chi connectivity index (χ3n) is 6.36. The Morgan fingerprint density at radius 1 is 1.27 bits per heavy atom. The van der Waals surface area contributed by atoms with Gasteiger partial charge in [-0.05, 0) is 18.2 Å². The molecule has 33 heavy (non-hydrogen) atoms. The highest BCUT2D eigenvalue weighted by Gasteiger charge is 2.48. The van der Waals surface area contributed by atoms with Gasteiger partial charge in [-0.1, -0.05) is 11.6 Å². The molecule has 8 nitrogen and oxygen atoms in total. The van der Waals surface area contributed by atoms with Gasteiger partial charge in [-0.2, -0.15) is 5.10 Å². The number of benzene rings is 1. The molecule has 3 amide bonds. The van der Waals surface area contributed by atoms with Gasteiger partial charge in [0.1, 0.15) is 11.5 Å². The molecule has 0 saturated carbocycles. The van der Waals surface area contributed by atoms with E-state index in [4.69, 9.17) is 11.6 Å². The van der Waals surface area contributed by atoms with Crippen molar-refractivity contribution in [3.8, 4) is 0 Å². The Balaban J connectivity index is 1.36. The van der Waals surface area contributed by atoms with Crippen LogP contribution in [0.1, 0.15) is 21.7 Å². The lowest BCUT2D eigenvalue weighted by atomic mass is 10.0. The van der Waals surface area contributed by atoms with Gasteiger partial charge in [0.2, 0.25) is 0 Å².